The summed E-state index contributed by atoms with van der Waals surface area (Å²) in [5.41, 5.74) is 11.8. The summed E-state index contributed by atoms with van der Waals surface area (Å²) in [7, 11) is 0. The SMILES string of the molecule is c1ccc(-c2cc(-c3ccc4c(c3)C(c3ccccc3)(c3ccncc3)c3ccccc3-4)nc(-c3ccccc3)n2)cc1. The van der Waals surface area contributed by atoms with E-state index in [1.54, 1.807) is 0 Å². The highest BCUT2D eigenvalue weighted by atomic mass is 14.9. The monoisotopic (exact) mass is 549 g/mol. The van der Waals surface area contributed by atoms with Gasteiger partial charge in [-0.3, -0.25) is 4.98 Å². The third-order valence-electron chi connectivity index (χ3n) is 8.49. The number of hydrogen-bond acceptors (Lipinski definition) is 3. The molecule has 1 aliphatic rings. The molecule has 2 heterocycles. The van der Waals surface area contributed by atoms with E-state index in [4.69, 9.17) is 9.97 Å². The quantitative estimate of drug-likeness (QED) is 0.215. The zero-order valence-corrected chi connectivity index (χ0v) is 23.4. The Morgan fingerprint density at radius 3 is 1.67 bits per heavy atom. The largest absolute Gasteiger partial charge is 0.265 e. The molecular weight excluding hydrogens is 522 g/mol. The summed E-state index contributed by atoms with van der Waals surface area (Å²) in [5.74, 6) is 0.712. The highest BCUT2D eigenvalue weighted by Gasteiger charge is 2.46. The molecular formula is C40H27N3. The van der Waals surface area contributed by atoms with Crippen molar-refractivity contribution in [3.05, 3.63) is 186 Å². The van der Waals surface area contributed by atoms with Gasteiger partial charge in [0.25, 0.3) is 0 Å². The van der Waals surface area contributed by atoms with Crippen LogP contribution in [0.5, 0.6) is 0 Å². The molecule has 202 valence electrons. The second-order valence-electron chi connectivity index (χ2n) is 10.9. The first-order chi connectivity index (χ1) is 21.3. The standard InChI is InChI=1S/C40H27N3/c1-4-12-28(13-5-1)37-27-38(43-39(42-37)29-14-6-2-7-15-29)30-20-21-34-33-18-10-11-19-35(33)40(36(34)26-30,31-16-8-3-9-17-31)32-22-24-41-25-23-32/h1-27H. The Kier molecular flexibility index (Phi) is 6.01. The minimum absolute atomic E-state index is 0.496. The van der Waals surface area contributed by atoms with Crippen molar-refractivity contribution in [3.8, 4) is 45.0 Å². The van der Waals surface area contributed by atoms with E-state index in [0.29, 0.717) is 5.82 Å². The van der Waals surface area contributed by atoms with E-state index in [0.717, 1.165) is 28.1 Å². The van der Waals surface area contributed by atoms with Crippen LogP contribution in [0.15, 0.2) is 164 Å². The summed E-state index contributed by atoms with van der Waals surface area (Å²) in [6, 6.07) is 53.4. The van der Waals surface area contributed by atoms with E-state index in [1.807, 2.05) is 36.7 Å². The molecule has 1 unspecified atom stereocenters. The predicted molar refractivity (Wildman–Crippen MR) is 173 cm³/mol. The summed E-state index contributed by atoms with van der Waals surface area (Å²) in [4.78, 5) is 14.5. The van der Waals surface area contributed by atoms with E-state index in [2.05, 4.69) is 132 Å². The van der Waals surface area contributed by atoms with E-state index in [-0.39, 0.29) is 0 Å². The zero-order valence-electron chi connectivity index (χ0n) is 23.4. The summed E-state index contributed by atoms with van der Waals surface area (Å²) in [6.45, 7) is 0. The van der Waals surface area contributed by atoms with Gasteiger partial charge in [0.1, 0.15) is 0 Å². The number of hydrogen-bond donors (Lipinski definition) is 0. The van der Waals surface area contributed by atoms with Crippen LogP contribution in [-0.4, -0.2) is 15.0 Å². The highest BCUT2D eigenvalue weighted by molar-refractivity contribution is 5.88. The number of aromatic nitrogens is 3. The topological polar surface area (TPSA) is 38.7 Å². The van der Waals surface area contributed by atoms with Crippen LogP contribution in [0.4, 0.5) is 0 Å². The van der Waals surface area contributed by atoms with Crippen LogP contribution in [-0.2, 0) is 5.41 Å². The Bertz CT molecular complexity index is 1960. The number of rotatable bonds is 5. The van der Waals surface area contributed by atoms with Crippen LogP contribution >= 0.6 is 0 Å². The predicted octanol–water partition coefficient (Wildman–Crippen LogP) is 9.24. The van der Waals surface area contributed by atoms with Gasteiger partial charge in [0, 0.05) is 29.1 Å². The third-order valence-corrected chi connectivity index (χ3v) is 8.49. The van der Waals surface area contributed by atoms with Crippen molar-refractivity contribution in [3.63, 3.8) is 0 Å². The van der Waals surface area contributed by atoms with Gasteiger partial charge in [-0.25, -0.2) is 9.97 Å². The van der Waals surface area contributed by atoms with Gasteiger partial charge < -0.3 is 0 Å². The maximum absolute atomic E-state index is 5.15. The Labute approximate surface area is 251 Å². The van der Waals surface area contributed by atoms with Gasteiger partial charge in [-0.05, 0) is 57.6 Å². The van der Waals surface area contributed by atoms with Crippen LogP contribution in [0.1, 0.15) is 22.3 Å². The third kappa shape index (κ3) is 4.09. The van der Waals surface area contributed by atoms with Gasteiger partial charge in [0.05, 0.1) is 16.8 Å². The molecule has 0 bridgehead atoms. The number of benzene rings is 5. The minimum atomic E-state index is -0.496. The van der Waals surface area contributed by atoms with E-state index < -0.39 is 5.41 Å². The van der Waals surface area contributed by atoms with E-state index >= 15 is 0 Å². The molecule has 0 aliphatic heterocycles. The molecule has 5 aromatic carbocycles. The van der Waals surface area contributed by atoms with Crippen molar-refractivity contribution in [2.45, 2.75) is 5.41 Å². The first-order valence-corrected chi connectivity index (χ1v) is 14.5. The number of nitrogens with zero attached hydrogens (tertiary/aromatic N) is 3. The molecule has 0 saturated carbocycles. The maximum atomic E-state index is 5.15. The van der Waals surface area contributed by atoms with Crippen molar-refractivity contribution in [2.24, 2.45) is 0 Å². The molecule has 0 fully saturated rings. The fourth-order valence-corrected chi connectivity index (χ4v) is 6.59. The van der Waals surface area contributed by atoms with Crippen LogP contribution in [0.2, 0.25) is 0 Å². The first-order valence-electron chi connectivity index (χ1n) is 14.5. The van der Waals surface area contributed by atoms with Crippen molar-refractivity contribution < 1.29 is 0 Å². The summed E-state index contributed by atoms with van der Waals surface area (Å²) in [5, 5.41) is 0. The minimum Gasteiger partial charge on any atom is -0.265 e. The molecule has 3 nitrogen and oxygen atoms in total. The summed E-state index contributed by atoms with van der Waals surface area (Å²) >= 11 is 0. The fourth-order valence-electron chi connectivity index (χ4n) is 6.59. The Balaban J connectivity index is 1.41. The second kappa shape index (κ2) is 10.3. The van der Waals surface area contributed by atoms with Gasteiger partial charge >= 0.3 is 0 Å². The van der Waals surface area contributed by atoms with Gasteiger partial charge in [-0.2, -0.15) is 0 Å². The van der Waals surface area contributed by atoms with Crippen molar-refractivity contribution in [1.82, 2.24) is 15.0 Å². The Morgan fingerprint density at radius 2 is 0.953 bits per heavy atom. The van der Waals surface area contributed by atoms with E-state index in [1.165, 1.54) is 33.4 Å². The lowest BCUT2D eigenvalue weighted by atomic mass is 9.67. The molecule has 8 rings (SSSR count). The average Bonchev–Trinajstić information content (AvgIpc) is 3.40. The first kappa shape index (κ1) is 25.1. The van der Waals surface area contributed by atoms with Gasteiger partial charge in [-0.1, -0.05) is 127 Å². The lowest BCUT2D eigenvalue weighted by Gasteiger charge is -2.33. The normalized spacial score (nSPS) is 15.1. The average molecular weight is 550 g/mol. The molecule has 2 aromatic heterocycles. The molecule has 7 aromatic rings. The summed E-state index contributed by atoms with van der Waals surface area (Å²) in [6.07, 6.45) is 3.79. The second-order valence-corrected chi connectivity index (χ2v) is 10.9. The smallest absolute Gasteiger partial charge is 0.160 e. The van der Waals surface area contributed by atoms with Crippen LogP contribution in [0.3, 0.4) is 0 Å². The molecule has 0 N–H and O–H groups in total. The molecule has 43 heavy (non-hydrogen) atoms. The zero-order chi connectivity index (χ0) is 28.6. The molecule has 3 heteroatoms. The van der Waals surface area contributed by atoms with E-state index in [9.17, 15) is 0 Å². The van der Waals surface area contributed by atoms with Crippen LogP contribution in [0.25, 0.3) is 45.0 Å². The molecule has 1 atom stereocenters. The molecule has 0 spiro atoms. The number of pyridine rings is 1. The lowest BCUT2D eigenvalue weighted by molar-refractivity contribution is 0.766. The number of fused-ring (bicyclic) bond motifs is 3. The van der Waals surface area contributed by atoms with Crippen LogP contribution < -0.4 is 0 Å². The molecule has 0 saturated heterocycles. The lowest BCUT2D eigenvalue weighted by Crippen LogP contribution is -2.28. The van der Waals surface area contributed by atoms with Crippen molar-refractivity contribution >= 4 is 0 Å². The Hall–Kier alpha value is -5.67. The highest BCUT2D eigenvalue weighted by Crippen LogP contribution is 2.56. The van der Waals surface area contributed by atoms with Gasteiger partial charge in [-0.15, -0.1) is 0 Å². The molecule has 0 radical (unpaired) electrons. The molecule has 0 amide bonds. The molecule has 1 aliphatic carbocycles. The maximum Gasteiger partial charge on any atom is 0.160 e. The fraction of sp³-hybridized carbons (Fsp3) is 0.0250. The van der Waals surface area contributed by atoms with Crippen molar-refractivity contribution in [1.29, 1.82) is 0 Å². The van der Waals surface area contributed by atoms with Gasteiger partial charge in [0.2, 0.25) is 0 Å². The summed E-state index contributed by atoms with van der Waals surface area (Å²) < 4.78 is 0. The Morgan fingerprint density at radius 1 is 0.395 bits per heavy atom. The van der Waals surface area contributed by atoms with Crippen molar-refractivity contribution in [2.75, 3.05) is 0 Å². The van der Waals surface area contributed by atoms with Gasteiger partial charge in [0.15, 0.2) is 5.82 Å². The van der Waals surface area contributed by atoms with Crippen LogP contribution in [0, 0.1) is 0 Å².